The van der Waals surface area contributed by atoms with Crippen LogP contribution in [0, 0.1) is 0 Å². The fourth-order valence-electron chi connectivity index (χ4n) is 2.10. The van der Waals surface area contributed by atoms with Gasteiger partial charge < -0.3 is 0 Å². The lowest BCUT2D eigenvalue weighted by molar-refractivity contribution is 0.572. The van der Waals surface area contributed by atoms with E-state index in [1.165, 1.54) is 0 Å². The summed E-state index contributed by atoms with van der Waals surface area (Å²) in [4.78, 5) is 4.45. The summed E-state index contributed by atoms with van der Waals surface area (Å²) in [5.74, 6) is 5.72. The summed E-state index contributed by atoms with van der Waals surface area (Å²) in [6.07, 6.45) is 3.61. The predicted octanol–water partition coefficient (Wildman–Crippen LogP) is 2.35. The first-order valence-electron chi connectivity index (χ1n) is 5.67. The van der Waals surface area contributed by atoms with Crippen LogP contribution in [0.1, 0.15) is 17.3 Å². The Labute approximate surface area is 122 Å². The van der Waals surface area contributed by atoms with Gasteiger partial charge in [0.05, 0.1) is 32.6 Å². The van der Waals surface area contributed by atoms with Crippen LogP contribution in [-0.4, -0.2) is 14.8 Å². The number of nitrogens with two attached hydrogens (primary N) is 1. The van der Waals surface area contributed by atoms with Crippen LogP contribution in [0.2, 0.25) is 0 Å². The third-order valence-corrected chi connectivity index (χ3v) is 4.50. The number of thiophene rings is 1. The Morgan fingerprint density at radius 2 is 2.32 bits per heavy atom. The van der Waals surface area contributed by atoms with Crippen LogP contribution in [0.15, 0.2) is 34.4 Å². The zero-order chi connectivity index (χ0) is 13.4. The van der Waals surface area contributed by atoms with Crippen molar-refractivity contribution in [2.24, 2.45) is 12.9 Å². The van der Waals surface area contributed by atoms with Crippen LogP contribution in [0.3, 0.4) is 0 Å². The quantitative estimate of drug-likeness (QED) is 0.568. The topological polar surface area (TPSA) is 68.8 Å². The van der Waals surface area contributed by atoms with Gasteiger partial charge in [-0.2, -0.15) is 5.10 Å². The van der Waals surface area contributed by atoms with Gasteiger partial charge in [0, 0.05) is 13.2 Å². The third kappa shape index (κ3) is 2.18. The second-order valence-electron chi connectivity index (χ2n) is 4.17. The number of fused-ring (bicyclic) bond motifs is 1. The van der Waals surface area contributed by atoms with Crippen molar-refractivity contribution >= 4 is 37.5 Å². The van der Waals surface area contributed by atoms with Crippen molar-refractivity contribution in [3.05, 3.63) is 45.6 Å². The summed E-state index contributed by atoms with van der Waals surface area (Å²) in [6.45, 7) is 0. The summed E-state index contributed by atoms with van der Waals surface area (Å²) in [5.41, 5.74) is 5.83. The second kappa shape index (κ2) is 5.01. The molecule has 0 fully saturated rings. The molecule has 0 aliphatic rings. The number of hydrogen-bond acceptors (Lipinski definition) is 5. The Kier molecular flexibility index (Phi) is 3.36. The molecule has 0 aliphatic carbocycles. The maximum Gasteiger partial charge on any atom is 0.0905 e. The Balaban J connectivity index is 2.11. The number of hydrogen-bond donors (Lipinski definition) is 2. The number of aryl methyl sites for hydroxylation is 1. The van der Waals surface area contributed by atoms with Crippen LogP contribution in [0.25, 0.3) is 10.2 Å². The highest BCUT2D eigenvalue weighted by molar-refractivity contribution is 9.10. The van der Waals surface area contributed by atoms with E-state index in [4.69, 9.17) is 5.84 Å². The van der Waals surface area contributed by atoms with Crippen molar-refractivity contribution in [2.75, 3.05) is 0 Å². The van der Waals surface area contributed by atoms with Crippen molar-refractivity contribution in [2.45, 2.75) is 6.04 Å². The van der Waals surface area contributed by atoms with Crippen LogP contribution in [0.5, 0.6) is 0 Å². The first-order chi connectivity index (χ1) is 9.20. The van der Waals surface area contributed by atoms with E-state index in [9.17, 15) is 0 Å². The standard InChI is InChI=1S/C12H12BrN5S/c1-18-12(8(13)6-16-18)11(17-14)7-4-10-9(15-5-7)2-3-19-10/h2-6,11,17H,14H2,1H3. The number of aromatic nitrogens is 3. The summed E-state index contributed by atoms with van der Waals surface area (Å²) >= 11 is 5.17. The minimum absolute atomic E-state index is 0.152. The number of nitrogens with one attached hydrogen (secondary N) is 1. The zero-order valence-electron chi connectivity index (χ0n) is 10.2. The molecule has 3 aromatic heterocycles. The molecule has 5 nitrogen and oxygen atoms in total. The van der Waals surface area contributed by atoms with Crippen LogP contribution in [-0.2, 0) is 7.05 Å². The van der Waals surface area contributed by atoms with E-state index in [2.05, 4.69) is 37.5 Å². The number of nitrogens with zero attached hydrogens (tertiary/aromatic N) is 3. The Morgan fingerprint density at radius 1 is 1.47 bits per heavy atom. The molecule has 0 amide bonds. The van der Waals surface area contributed by atoms with Gasteiger partial charge in [-0.1, -0.05) is 0 Å². The van der Waals surface area contributed by atoms with Gasteiger partial charge in [-0.15, -0.1) is 11.3 Å². The van der Waals surface area contributed by atoms with E-state index in [0.717, 1.165) is 25.9 Å². The van der Waals surface area contributed by atoms with E-state index in [1.807, 2.05) is 24.7 Å². The number of pyridine rings is 1. The summed E-state index contributed by atoms with van der Waals surface area (Å²) < 4.78 is 3.87. The van der Waals surface area contributed by atoms with Crippen LogP contribution in [0.4, 0.5) is 0 Å². The molecule has 98 valence electrons. The van der Waals surface area contributed by atoms with Gasteiger partial charge in [-0.25, -0.2) is 5.43 Å². The predicted molar refractivity (Wildman–Crippen MR) is 79.7 cm³/mol. The maximum atomic E-state index is 5.72. The lowest BCUT2D eigenvalue weighted by atomic mass is 10.1. The van der Waals surface area contributed by atoms with Crippen LogP contribution < -0.4 is 11.3 Å². The van der Waals surface area contributed by atoms with Gasteiger partial charge in [-0.3, -0.25) is 15.5 Å². The molecule has 0 aliphatic heterocycles. The summed E-state index contributed by atoms with van der Waals surface area (Å²) in [6, 6.07) is 3.96. The molecule has 0 saturated carbocycles. The van der Waals surface area contributed by atoms with Crippen molar-refractivity contribution in [1.82, 2.24) is 20.2 Å². The maximum absolute atomic E-state index is 5.72. The summed E-state index contributed by atoms with van der Waals surface area (Å²) in [7, 11) is 1.89. The van der Waals surface area contributed by atoms with Crippen LogP contribution >= 0.6 is 27.3 Å². The Morgan fingerprint density at radius 3 is 3.00 bits per heavy atom. The molecule has 19 heavy (non-hydrogen) atoms. The molecule has 1 atom stereocenters. The fourth-order valence-corrected chi connectivity index (χ4v) is 3.46. The van der Waals surface area contributed by atoms with E-state index >= 15 is 0 Å². The highest BCUT2D eigenvalue weighted by atomic mass is 79.9. The van der Waals surface area contributed by atoms with Gasteiger partial charge in [-0.05, 0) is 39.0 Å². The monoisotopic (exact) mass is 337 g/mol. The molecule has 1 unspecified atom stereocenters. The van der Waals surface area contributed by atoms with E-state index in [-0.39, 0.29) is 6.04 Å². The Bertz CT molecular complexity index is 700. The molecule has 3 aromatic rings. The smallest absolute Gasteiger partial charge is 0.0905 e. The van der Waals surface area contributed by atoms with Crippen molar-refractivity contribution in [3.63, 3.8) is 0 Å². The molecular formula is C12H12BrN5S. The molecular weight excluding hydrogens is 326 g/mol. The first kappa shape index (κ1) is 12.7. The van der Waals surface area contributed by atoms with Crippen molar-refractivity contribution in [3.8, 4) is 0 Å². The molecule has 0 aromatic carbocycles. The lowest BCUT2D eigenvalue weighted by Gasteiger charge is -2.17. The second-order valence-corrected chi connectivity index (χ2v) is 5.98. The molecule has 3 rings (SSSR count). The lowest BCUT2D eigenvalue weighted by Crippen LogP contribution is -2.30. The first-order valence-corrected chi connectivity index (χ1v) is 7.34. The van der Waals surface area contributed by atoms with Crippen molar-refractivity contribution in [1.29, 1.82) is 0 Å². The SMILES string of the molecule is Cn1ncc(Br)c1C(NN)c1cnc2ccsc2c1. The molecule has 3 N–H and O–H groups in total. The van der Waals surface area contributed by atoms with Gasteiger partial charge in [0.1, 0.15) is 0 Å². The zero-order valence-corrected chi connectivity index (χ0v) is 12.6. The van der Waals surface area contributed by atoms with Crippen molar-refractivity contribution < 1.29 is 0 Å². The van der Waals surface area contributed by atoms with Gasteiger partial charge in [0.25, 0.3) is 0 Å². The molecule has 0 radical (unpaired) electrons. The minimum Gasteiger partial charge on any atom is -0.271 e. The number of hydrazine groups is 1. The molecule has 0 bridgehead atoms. The molecule has 0 spiro atoms. The van der Waals surface area contributed by atoms with E-state index in [0.29, 0.717) is 0 Å². The highest BCUT2D eigenvalue weighted by Crippen LogP contribution is 2.29. The Hall–Kier alpha value is -1.28. The van der Waals surface area contributed by atoms with E-state index < -0.39 is 0 Å². The average Bonchev–Trinajstić information content (AvgIpc) is 3.00. The van der Waals surface area contributed by atoms with E-state index in [1.54, 1.807) is 22.2 Å². The van der Waals surface area contributed by atoms with Gasteiger partial charge in [0.15, 0.2) is 0 Å². The summed E-state index contributed by atoms with van der Waals surface area (Å²) in [5, 5.41) is 6.25. The largest absolute Gasteiger partial charge is 0.271 e. The highest BCUT2D eigenvalue weighted by Gasteiger charge is 2.20. The van der Waals surface area contributed by atoms with Gasteiger partial charge >= 0.3 is 0 Å². The average molecular weight is 338 g/mol. The fraction of sp³-hybridized carbons (Fsp3) is 0.167. The minimum atomic E-state index is -0.152. The molecule has 0 saturated heterocycles. The normalized spacial score (nSPS) is 13.0. The number of halogens is 1. The number of rotatable bonds is 3. The third-order valence-electron chi connectivity index (χ3n) is 3.03. The van der Waals surface area contributed by atoms with Gasteiger partial charge in [0.2, 0.25) is 0 Å². The molecule has 3 heterocycles. The molecule has 7 heteroatoms.